The van der Waals surface area contributed by atoms with E-state index in [0.29, 0.717) is 28.8 Å². The average molecular weight is 464 g/mol. The standard InChI is InChI=1S/C15H17Cl2N3O2.C7H6O2/c1-2-3-12-7-21-15(22-12,8-20-10-18-9-19-20)13-5-4-11(16)6-14(13)17;8-7(9)6-4-2-1-3-5-6/h4-6,9-10,12H,2-3,7-8H2,1H3;1-5H,(H,8,9). The van der Waals surface area contributed by atoms with Gasteiger partial charge in [0, 0.05) is 10.6 Å². The van der Waals surface area contributed by atoms with Crippen molar-refractivity contribution in [2.24, 2.45) is 0 Å². The van der Waals surface area contributed by atoms with Crippen molar-refractivity contribution in [3.8, 4) is 0 Å². The Morgan fingerprint density at radius 1 is 1.26 bits per heavy atom. The molecule has 3 aromatic rings. The van der Waals surface area contributed by atoms with Crippen molar-refractivity contribution in [2.45, 2.75) is 38.2 Å². The van der Waals surface area contributed by atoms with Gasteiger partial charge in [-0.3, -0.25) is 0 Å². The number of aromatic nitrogens is 3. The molecule has 0 bridgehead atoms. The van der Waals surface area contributed by atoms with Gasteiger partial charge in [-0.2, -0.15) is 5.10 Å². The van der Waals surface area contributed by atoms with Crippen LogP contribution in [0.15, 0.2) is 61.2 Å². The van der Waals surface area contributed by atoms with Crippen molar-refractivity contribution in [2.75, 3.05) is 6.61 Å². The van der Waals surface area contributed by atoms with Gasteiger partial charge in [0.1, 0.15) is 19.2 Å². The lowest BCUT2D eigenvalue weighted by Gasteiger charge is -2.29. The van der Waals surface area contributed by atoms with Gasteiger partial charge in [-0.05, 0) is 30.7 Å². The molecule has 0 saturated carbocycles. The zero-order valence-electron chi connectivity index (χ0n) is 16.9. The molecule has 1 fully saturated rings. The predicted molar refractivity (Wildman–Crippen MR) is 117 cm³/mol. The van der Waals surface area contributed by atoms with Crippen LogP contribution in [0.1, 0.15) is 35.7 Å². The minimum atomic E-state index is -0.963. The topological polar surface area (TPSA) is 86.5 Å². The van der Waals surface area contributed by atoms with E-state index in [1.807, 2.05) is 6.07 Å². The minimum Gasteiger partial charge on any atom is -0.478 e. The molecule has 0 amide bonds. The number of benzene rings is 2. The molecular weight excluding hydrogens is 441 g/mol. The van der Waals surface area contributed by atoms with Gasteiger partial charge >= 0.3 is 5.97 Å². The number of hydrogen-bond acceptors (Lipinski definition) is 5. The fourth-order valence-electron chi connectivity index (χ4n) is 3.25. The van der Waals surface area contributed by atoms with Gasteiger partial charge in [0.25, 0.3) is 0 Å². The summed E-state index contributed by atoms with van der Waals surface area (Å²) in [6.07, 6.45) is 5.12. The Hall–Kier alpha value is -2.45. The van der Waals surface area contributed by atoms with Crippen molar-refractivity contribution in [3.63, 3.8) is 0 Å². The largest absolute Gasteiger partial charge is 0.478 e. The molecule has 0 radical (unpaired) electrons. The number of halogens is 2. The first-order chi connectivity index (χ1) is 14.9. The van der Waals surface area contributed by atoms with Crippen LogP contribution in [-0.4, -0.2) is 38.6 Å². The van der Waals surface area contributed by atoms with Crippen molar-refractivity contribution in [1.29, 1.82) is 0 Å². The van der Waals surface area contributed by atoms with E-state index in [2.05, 4.69) is 17.0 Å². The second-order valence-electron chi connectivity index (χ2n) is 6.98. The van der Waals surface area contributed by atoms with Crippen LogP contribution in [0.5, 0.6) is 0 Å². The SMILES string of the molecule is CCCC1COC(Cn2cncn2)(c2ccc(Cl)cc2Cl)O1.O=C(O)c1ccccc1. The lowest BCUT2D eigenvalue weighted by molar-refractivity contribution is -0.189. The Kier molecular flexibility index (Phi) is 8.03. The Bertz CT molecular complexity index is 986. The molecule has 1 N–H and O–H groups in total. The molecule has 1 aliphatic rings. The number of rotatable bonds is 6. The molecule has 2 atom stereocenters. The summed E-state index contributed by atoms with van der Waals surface area (Å²) in [5, 5.41) is 13.6. The Morgan fingerprint density at radius 2 is 2.03 bits per heavy atom. The van der Waals surface area contributed by atoms with Crippen LogP contribution < -0.4 is 0 Å². The normalized spacial score (nSPS) is 20.2. The van der Waals surface area contributed by atoms with Gasteiger partial charge in [-0.15, -0.1) is 0 Å². The van der Waals surface area contributed by atoms with E-state index >= 15 is 0 Å². The van der Waals surface area contributed by atoms with E-state index in [-0.39, 0.29) is 6.10 Å². The summed E-state index contributed by atoms with van der Waals surface area (Å²) in [4.78, 5) is 14.2. The molecule has 2 heterocycles. The zero-order valence-corrected chi connectivity index (χ0v) is 18.5. The number of nitrogens with zero attached hydrogens (tertiary/aromatic N) is 3. The van der Waals surface area contributed by atoms with Crippen molar-refractivity contribution in [1.82, 2.24) is 14.8 Å². The van der Waals surface area contributed by atoms with Crippen molar-refractivity contribution in [3.05, 3.63) is 82.4 Å². The molecule has 164 valence electrons. The Labute approximate surface area is 190 Å². The third-order valence-corrected chi connectivity index (χ3v) is 5.22. The highest BCUT2D eigenvalue weighted by Crippen LogP contribution is 2.41. The number of carboxylic acid groups (broad SMARTS) is 1. The summed E-state index contributed by atoms with van der Waals surface area (Å²) in [5.41, 5.74) is 1.09. The Balaban J connectivity index is 0.000000254. The Morgan fingerprint density at radius 3 is 2.61 bits per heavy atom. The van der Waals surface area contributed by atoms with Crippen LogP contribution >= 0.6 is 23.2 Å². The summed E-state index contributed by atoms with van der Waals surface area (Å²) in [7, 11) is 0. The second kappa shape index (κ2) is 10.7. The van der Waals surface area contributed by atoms with E-state index in [9.17, 15) is 4.79 Å². The second-order valence-corrected chi connectivity index (χ2v) is 7.82. The van der Waals surface area contributed by atoms with E-state index < -0.39 is 11.8 Å². The molecule has 2 aromatic carbocycles. The van der Waals surface area contributed by atoms with Gasteiger partial charge in [-0.1, -0.05) is 60.8 Å². The van der Waals surface area contributed by atoms with E-state index in [0.717, 1.165) is 18.4 Å². The van der Waals surface area contributed by atoms with Gasteiger partial charge in [0.2, 0.25) is 5.79 Å². The average Bonchev–Trinajstić information content (AvgIpc) is 3.40. The first kappa shape index (κ1) is 23.2. The minimum absolute atomic E-state index is 0.0419. The molecule has 7 nitrogen and oxygen atoms in total. The lowest BCUT2D eigenvalue weighted by Crippen LogP contribution is -2.34. The van der Waals surface area contributed by atoms with Crippen LogP contribution in [0.4, 0.5) is 0 Å². The van der Waals surface area contributed by atoms with Crippen LogP contribution in [-0.2, 0) is 21.8 Å². The molecule has 0 spiro atoms. The van der Waals surface area contributed by atoms with Crippen LogP contribution in [0.3, 0.4) is 0 Å². The number of aromatic carboxylic acids is 1. The molecular formula is C22H23Cl2N3O4. The monoisotopic (exact) mass is 463 g/mol. The van der Waals surface area contributed by atoms with Gasteiger partial charge in [0.05, 0.1) is 23.3 Å². The third kappa shape index (κ3) is 6.04. The summed E-state index contributed by atoms with van der Waals surface area (Å²) in [6, 6.07) is 13.6. The molecule has 1 aliphatic heterocycles. The number of carbonyl (C=O) groups is 1. The lowest BCUT2D eigenvalue weighted by atomic mass is 10.1. The van der Waals surface area contributed by atoms with Gasteiger partial charge in [0.15, 0.2) is 0 Å². The summed E-state index contributed by atoms with van der Waals surface area (Å²) >= 11 is 12.4. The third-order valence-electron chi connectivity index (χ3n) is 4.67. The quantitative estimate of drug-likeness (QED) is 0.550. The highest BCUT2D eigenvalue weighted by molar-refractivity contribution is 6.35. The van der Waals surface area contributed by atoms with E-state index in [1.54, 1.807) is 53.5 Å². The number of ether oxygens (including phenoxy) is 2. The van der Waals surface area contributed by atoms with Crippen LogP contribution in [0.25, 0.3) is 0 Å². The number of carboxylic acids is 1. The van der Waals surface area contributed by atoms with Crippen LogP contribution in [0, 0.1) is 0 Å². The molecule has 9 heteroatoms. The van der Waals surface area contributed by atoms with Gasteiger partial charge < -0.3 is 14.6 Å². The smallest absolute Gasteiger partial charge is 0.335 e. The maximum atomic E-state index is 10.2. The maximum Gasteiger partial charge on any atom is 0.335 e. The molecule has 1 aromatic heterocycles. The van der Waals surface area contributed by atoms with Crippen molar-refractivity contribution < 1.29 is 19.4 Å². The van der Waals surface area contributed by atoms with Gasteiger partial charge in [-0.25, -0.2) is 14.5 Å². The highest BCUT2D eigenvalue weighted by atomic mass is 35.5. The molecule has 31 heavy (non-hydrogen) atoms. The summed E-state index contributed by atoms with van der Waals surface area (Å²) < 4.78 is 14.0. The molecule has 4 rings (SSSR count). The van der Waals surface area contributed by atoms with E-state index in [4.69, 9.17) is 37.8 Å². The first-order valence-electron chi connectivity index (χ1n) is 9.81. The zero-order chi connectivity index (χ0) is 22.3. The van der Waals surface area contributed by atoms with Crippen LogP contribution in [0.2, 0.25) is 10.0 Å². The maximum absolute atomic E-state index is 10.2. The first-order valence-corrected chi connectivity index (χ1v) is 10.6. The van der Waals surface area contributed by atoms with Crippen molar-refractivity contribution >= 4 is 29.2 Å². The molecule has 2 unspecified atom stereocenters. The molecule has 0 aliphatic carbocycles. The van der Waals surface area contributed by atoms with E-state index in [1.165, 1.54) is 6.33 Å². The summed E-state index contributed by atoms with van der Waals surface area (Å²) in [5.74, 6) is -1.84. The fraction of sp³-hybridized carbons (Fsp3) is 0.318. The fourth-order valence-corrected chi connectivity index (χ4v) is 3.80. The number of hydrogen-bond donors (Lipinski definition) is 1. The molecule has 1 saturated heterocycles. The predicted octanol–water partition coefficient (Wildman–Crippen LogP) is 5.04. The highest BCUT2D eigenvalue weighted by Gasteiger charge is 2.45. The summed E-state index contributed by atoms with van der Waals surface area (Å²) in [6.45, 7) is 3.03.